The molecular formula is C15H26N3O9P. The second-order valence-electron chi connectivity index (χ2n) is 5.11. The molecule has 0 aromatic rings. The molecule has 0 saturated carbocycles. The van der Waals surface area contributed by atoms with Gasteiger partial charge >= 0.3 is 14.6 Å². The Morgan fingerprint density at radius 2 is 2.07 bits per heavy atom. The van der Waals surface area contributed by atoms with E-state index < -0.39 is 28.0 Å². The lowest BCUT2D eigenvalue weighted by Crippen LogP contribution is -2.33. The second kappa shape index (κ2) is 15.9. The number of ether oxygens (including phenoxy) is 3. The van der Waals surface area contributed by atoms with E-state index in [-0.39, 0.29) is 31.2 Å². The van der Waals surface area contributed by atoms with E-state index in [9.17, 15) is 19.3 Å². The van der Waals surface area contributed by atoms with Crippen LogP contribution in [0, 0.1) is 0 Å². The summed E-state index contributed by atoms with van der Waals surface area (Å²) in [6, 6.07) is 0. The lowest BCUT2D eigenvalue weighted by molar-refractivity contribution is -0.158. The van der Waals surface area contributed by atoms with Gasteiger partial charge in [-0.25, -0.2) is 4.79 Å². The van der Waals surface area contributed by atoms with Crippen molar-refractivity contribution in [2.45, 2.75) is 32.6 Å². The highest BCUT2D eigenvalue weighted by Gasteiger charge is 2.17. The van der Waals surface area contributed by atoms with Crippen LogP contribution < -0.4 is 5.73 Å². The summed E-state index contributed by atoms with van der Waals surface area (Å²) in [6.07, 6.45) is 3.28. The first-order valence-electron chi connectivity index (χ1n) is 8.12. The van der Waals surface area contributed by atoms with E-state index in [1.165, 1.54) is 6.08 Å². The van der Waals surface area contributed by atoms with Gasteiger partial charge in [0.25, 0.3) is 6.47 Å². The Kier molecular flexibility index (Phi) is 14.7. The van der Waals surface area contributed by atoms with E-state index in [1.54, 1.807) is 25.1 Å². The number of amidine groups is 1. The summed E-state index contributed by atoms with van der Waals surface area (Å²) in [5.41, 5.74) is 5.47. The Labute approximate surface area is 164 Å². The number of hydrogen-bond donors (Lipinski definition) is 2. The van der Waals surface area contributed by atoms with Crippen LogP contribution in [-0.2, 0) is 37.6 Å². The third kappa shape index (κ3) is 13.1. The number of esters is 1. The molecule has 0 aliphatic carbocycles. The minimum Gasteiger partial charge on any atom is -0.456 e. The van der Waals surface area contributed by atoms with E-state index in [0.717, 1.165) is 0 Å². The topological polar surface area (TPSA) is 159 Å². The molecule has 2 unspecified atom stereocenters. The number of nitrogens with zero attached hydrogens (tertiary/aromatic N) is 2. The number of carbonyl (C=O) groups is 3. The van der Waals surface area contributed by atoms with Crippen molar-refractivity contribution < 1.29 is 42.5 Å². The van der Waals surface area contributed by atoms with E-state index in [2.05, 4.69) is 14.5 Å². The fraction of sp³-hybridized carbons (Fsp3) is 0.600. The van der Waals surface area contributed by atoms with Gasteiger partial charge in [0.15, 0.2) is 6.61 Å². The molecule has 0 aliphatic rings. The van der Waals surface area contributed by atoms with Crippen LogP contribution in [0.25, 0.3) is 0 Å². The first-order chi connectivity index (χ1) is 13.3. The smallest absolute Gasteiger partial charge is 0.346 e. The van der Waals surface area contributed by atoms with Crippen LogP contribution in [-0.4, -0.2) is 73.9 Å². The molecule has 0 bridgehead atoms. The van der Waals surface area contributed by atoms with Crippen molar-refractivity contribution in [1.82, 2.24) is 4.90 Å². The molecule has 0 heterocycles. The summed E-state index contributed by atoms with van der Waals surface area (Å²) in [7, 11) is -0.539. The summed E-state index contributed by atoms with van der Waals surface area (Å²) in [4.78, 5) is 45.9. The van der Waals surface area contributed by atoms with Crippen LogP contribution in [0.4, 0.5) is 0 Å². The SMILES string of the molecule is CC[C@@H](COP(O)OCOC(=O)COC=O)OC(C)N(C)/C=C\C(N)=NC=O. The average Bonchev–Trinajstić information content (AvgIpc) is 2.67. The highest BCUT2D eigenvalue weighted by atomic mass is 31.2. The van der Waals surface area contributed by atoms with E-state index >= 15 is 0 Å². The quantitative estimate of drug-likeness (QED) is 0.0860. The van der Waals surface area contributed by atoms with Crippen molar-refractivity contribution in [2.75, 3.05) is 27.1 Å². The lowest BCUT2D eigenvalue weighted by Gasteiger charge is -2.28. The molecule has 0 fully saturated rings. The largest absolute Gasteiger partial charge is 0.456 e. The minimum atomic E-state index is -2.28. The van der Waals surface area contributed by atoms with Gasteiger partial charge in [0, 0.05) is 13.2 Å². The van der Waals surface area contributed by atoms with Gasteiger partial charge in [-0.2, -0.15) is 4.99 Å². The fourth-order valence-electron chi connectivity index (χ4n) is 1.51. The Bertz CT molecular complexity index is 533. The van der Waals surface area contributed by atoms with Gasteiger partial charge in [-0.1, -0.05) is 6.92 Å². The Morgan fingerprint density at radius 3 is 2.68 bits per heavy atom. The van der Waals surface area contributed by atoms with Gasteiger partial charge < -0.3 is 34.3 Å². The normalized spacial score (nSPS) is 14.9. The van der Waals surface area contributed by atoms with E-state index in [1.807, 2.05) is 6.92 Å². The van der Waals surface area contributed by atoms with Crippen molar-refractivity contribution in [2.24, 2.45) is 10.7 Å². The van der Waals surface area contributed by atoms with Gasteiger partial charge in [-0.05, 0) is 19.4 Å². The highest BCUT2D eigenvalue weighted by molar-refractivity contribution is 7.40. The van der Waals surface area contributed by atoms with Gasteiger partial charge in [0.1, 0.15) is 12.1 Å². The first-order valence-corrected chi connectivity index (χ1v) is 9.25. The predicted molar refractivity (Wildman–Crippen MR) is 98.4 cm³/mol. The molecule has 0 saturated heterocycles. The molecule has 0 radical (unpaired) electrons. The third-order valence-electron chi connectivity index (χ3n) is 3.12. The third-order valence-corrected chi connectivity index (χ3v) is 3.82. The molecule has 28 heavy (non-hydrogen) atoms. The molecule has 12 nitrogen and oxygen atoms in total. The highest BCUT2D eigenvalue weighted by Crippen LogP contribution is 2.33. The number of hydrogen-bond acceptors (Lipinski definition) is 10. The van der Waals surface area contributed by atoms with Crippen LogP contribution in [0.2, 0.25) is 0 Å². The zero-order chi connectivity index (χ0) is 21.4. The van der Waals surface area contributed by atoms with Gasteiger partial charge in [-0.3, -0.25) is 14.1 Å². The molecule has 0 spiro atoms. The van der Waals surface area contributed by atoms with Crippen LogP contribution in [0.5, 0.6) is 0 Å². The number of amides is 1. The van der Waals surface area contributed by atoms with Gasteiger partial charge in [0.05, 0.1) is 12.7 Å². The van der Waals surface area contributed by atoms with Crippen molar-refractivity contribution in [3.63, 3.8) is 0 Å². The second-order valence-corrected chi connectivity index (χ2v) is 6.10. The van der Waals surface area contributed by atoms with Crippen molar-refractivity contribution >= 4 is 33.3 Å². The van der Waals surface area contributed by atoms with Crippen LogP contribution in [0.1, 0.15) is 20.3 Å². The molecule has 0 aromatic carbocycles. The van der Waals surface area contributed by atoms with E-state index in [0.29, 0.717) is 12.8 Å². The molecule has 160 valence electrons. The molecule has 0 aromatic heterocycles. The monoisotopic (exact) mass is 423 g/mol. The predicted octanol–water partition coefficient (Wildman–Crippen LogP) is 0.0128. The van der Waals surface area contributed by atoms with Gasteiger partial charge in [-0.15, -0.1) is 0 Å². The molecule has 0 rings (SSSR count). The van der Waals surface area contributed by atoms with E-state index in [4.69, 9.17) is 19.5 Å². The standard InChI is InChI=1S/C15H26N3O9P/c1-4-13(27-12(2)18(3)6-5-14(16)17-9-19)7-25-28(22)26-11-24-15(21)8-23-10-20/h5-6,9-10,12-13,22H,4,7-8,11H2,1-3H3,(H2,16,17,19)/b6-5-/t12?,13-,28?/m0/s1. The molecule has 1 amide bonds. The Hall–Kier alpha value is -2.11. The van der Waals surface area contributed by atoms with Crippen molar-refractivity contribution in [3.05, 3.63) is 12.3 Å². The number of nitrogens with two attached hydrogens (primary N) is 1. The summed E-state index contributed by atoms with van der Waals surface area (Å²) >= 11 is 0. The average molecular weight is 423 g/mol. The van der Waals surface area contributed by atoms with Crippen LogP contribution in [0.3, 0.4) is 0 Å². The Balaban J connectivity index is 4.21. The zero-order valence-electron chi connectivity index (χ0n) is 15.9. The molecule has 0 aliphatic heterocycles. The van der Waals surface area contributed by atoms with Crippen LogP contribution >= 0.6 is 8.60 Å². The number of carbonyl (C=O) groups excluding carboxylic acids is 3. The first kappa shape index (κ1) is 25.9. The number of aliphatic imine (C=N–C) groups is 1. The molecule has 3 atom stereocenters. The Morgan fingerprint density at radius 1 is 1.36 bits per heavy atom. The van der Waals surface area contributed by atoms with Crippen LogP contribution in [0.15, 0.2) is 17.3 Å². The maximum atomic E-state index is 11.0. The maximum absolute atomic E-state index is 11.0. The molecule has 13 heteroatoms. The zero-order valence-corrected chi connectivity index (χ0v) is 16.8. The lowest BCUT2D eigenvalue weighted by atomic mass is 10.3. The summed E-state index contributed by atoms with van der Waals surface area (Å²) in [6.45, 7) is 2.72. The molecular weight excluding hydrogens is 397 g/mol. The van der Waals surface area contributed by atoms with Crippen molar-refractivity contribution in [1.29, 1.82) is 0 Å². The maximum Gasteiger partial charge on any atom is 0.346 e. The minimum absolute atomic E-state index is 0.0392. The fourth-order valence-corrected chi connectivity index (χ4v) is 2.02. The molecule has 3 N–H and O–H groups in total. The van der Waals surface area contributed by atoms with Crippen molar-refractivity contribution in [3.8, 4) is 0 Å². The van der Waals surface area contributed by atoms with Gasteiger partial charge in [0.2, 0.25) is 13.2 Å². The summed E-state index contributed by atoms with van der Waals surface area (Å²) < 4.78 is 24.5. The summed E-state index contributed by atoms with van der Waals surface area (Å²) in [5.74, 6) is -0.764. The number of rotatable bonds is 16. The summed E-state index contributed by atoms with van der Waals surface area (Å²) in [5, 5.41) is 0.